The van der Waals surface area contributed by atoms with Crippen LogP contribution in [0.1, 0.15) is 12.0 Å². The molecule has 4 nitrogen and oxygen atoms in total. The Bertz CT molecular complexity index is 441. The van der Waals surface area contributed by atoms with Crippen molar-refractivity contribution in [3.63, 3.8) is 0 Å². The van der Waals surface area contributed by atoms with Gasteiger partial charge in [0.25, 0.3) is 5.91 Å². The second-order valence-corrected chi connectivity index (χ2v) is 4.60. The summed E-state index contributed by atoms with van der Waals surface area (Å²) in [6.45, 7) is 1.28. The van der Waals surface area contributed by atoms with E-state index in [1.165, 1.54) is 0 Å². The van der Waals surface area contributed by atoms with Crippen LogP contribution < -0.4 is 10.6 Å². The van der Waals surface area contributed by atoms with Gasteiger partial charge < -0.3 is 15.4 Å². The van der Waals surface area contributed by atoms with Crippen LogP contribution in [0.3, 0.4) is 0 Å². The first-order valence-corrected chi connectivity index (χ1v) is 6.04. The largest absolute Gasteiger partial charge is 0.363 e. The van der Waals surface area contributed by atoms with Gasteiger partial charge in [-0.25, -0.2) is 0 Å². The molecule has 0 aromatic heterocycles. The minimum Gasteiger partial charge on any atom is -0.363 e. The van der Waals surface area contributed by atoms with Crippen molar-refractivity contribution >= 4 is 11.6 Å². The Kier molecular flexibility index (Phi) is 2.61. The molecule has 3 heterocycles. The molecule has 3 fully saturated rings. The molecular weight excluding hydrogens is 216 g/mol. The number of anilines is 1. The number of carbonyl (C=O) groups excluding carboxylic acids is 1. The van der Waals surface area contributed by atoms with Gasteiger partial charge in [0.2, 0.25) is 0 Å². The van der Waals surface area contributed by atoms with E-state index in [1.54, 1.807) is 0 Å². The van der Waals surface area contributed by atoms with Crippen LogP contribution >= 0.6 is 0 Å². The standard InChI is InChI=1S/C13H16N2O2/c14-6-5-9-3-1-2-4-11(9)15-8-10-7-12(17-10)13(15)16/h1-4,10,12H,5-8,14H2. The first kappa shape index (κ1) is 10.7. The minimum atomic E-state index is -0.209. The van der Waals surface area contributed by atoms with Gasteiger partial charge in [-0.3, -0.25) is 4.79 Å². The van der Waals surface area contributed by atoms with E-state index in [0.29, 0.717) is 13.1 Å². The van der Waals surface area contributed by atoms with Gasteiger partial charge in [0.05, 0.1) is 12.6 Å². The molecule has 0 spiro atoms. The predicted octanol–water partition coefficient (Wildman–Crippen LogP) is 0.692. The molecule has 1 amide bonds. The fourth-order valence-corrected chi connectivity index (χ4v) is 2.56. The van der Waals surface area contributed by atoms with E-state index in [2.05, 4.69) is 0 Å². The summed E-state index contributed by atoms with van der Waals surface area (Å²) in [4.78, 5) is 13.9. The summed E-state index contributed by atoms with van der Waals surface area (Å²) in [6.07, 6.45) is 1.70. The van der Waals surface area contributed by atoms with Crippen LogP contribution in [0.25, 0.3) is 0 Å². The van der Waals surface area contributed by atoms with Crippen molar-refractivity contribution in [3.8, 4) is 0 Å². The van der Waals surface area contributed by atoms with Crippen molar-refractivity contribution in [1.82, 2.24) is 0 Å². The zero-order chi connectivity index (χ0) is 11.8. The molecule has 2 bridgehead atoms. The second-order valence-electron chi connectivity index (χ2n) is 4.60. The van der Waals surface area contributed by atoms with E-state index in [-0.39, 0.29) is 18.1 Å². The van der Waals surface area contributed by atoms with E-state index < -0.39 is 0 Å². The van der Waals surface area contributed by atoms with Gasteiger partial charge in [-0.15, -0.1) is 0 Å². The molecule has 1 aromatic rings. The van der Waals surface area contributed by atoms with Crippen LogP contribution in [0.15, 0.2) is 24.3 Å². The van der Waals surface area contributed by atoms with Gasteiger partial charge in [-0.2, -0.15) is 0 Å². The monoisotopic (exact) mass is 232 g/mol. The molecule has 2 atom stereocenters. The third kappa shape index (κ3) is 1.73. The van der Waals surface area contributed by atoms with Crippen molar-refractivity contribution in [2.45, 2.75) is 25.0 Å². The Morgan fingerprint density at radius 2 is 2.18 bits per heavy atom. The Morgan fingerprint density at radius 3 is 2.88 bits per heavy atom. The molecule has 0 radical (unpaired) electrons. The maximum Gasteiger partial charge on any atom is 0.256 e. The summed E-state index contributed by atoms with van der Waals surface area (Å²) in [7, 11) is 0. The van der Waals surface area contributed by atoms with E-state index in [1.807, 2.05) is 29.2 Å². The molecule has 2 N–H and O–H groups in total. The first-order chi connectivity index (χ1) is 8.29. The average molecular weight is 232 g/mol. The molecule has 3 saturated heterocycles. The van der Waals surface area contributed by atoms with Gasteiger partial charge in [-0.05, 0) is 24.6 Å². The third-order valence-corrected chi connectivity index (χ3v) is 3.46. The Labute approximate surface area is 100 Å². The maximum atomic E-state index is 12.1. The van der Waals surface area contributed by atoms with Crippen LogP contribution in [-0.2, 0) is 16.0 Å². The number of piperidine rings is 1. The number of ether oxygens (including phenoxy) is 1. The smallest absolute Gasteiger partial charge is 0.256 e. The van der Waals surface area contributed by atoms with Crippen LogP contribution in [0.4, 0.5) is 5.69 Å². The van der Waals surface area contributed by atoms with Crippen LogP contribution in [-0.4, -0.2) is 31.2 Å². The number of fused-ring (bicyclic) bond motifs is 2. The molecular formula is C13H16N2O2. The fourth-order valence-electron chi connectivity index (χ4n) is 2.56. The average Bonchev–Trinajstić information content (AvgIpc) is 2.29. The number of hydrogen-bond acceptors (Lipinski definition) is 3. The van der Waals surface area contributed by atoms with Crippen molar-refractivity contribution < 1.29 is 9.53 Å². The number of hydrogen-bond donors (Lipinski definition) is 1. The lowest BCUT2D eigenvalue weighted by Crippen LogP contribution is -2.61. The van der Waals surface area contributed by atoms with E-state index >= 15 is 0 Å². The molecule has 0 aliphatic carbocycles. The molecule has 0 saturated carbocycles. The Balaban J connectivity index is 1.90. The summed E-state index contributed by atoms with van der Waals surface area (Å²) in [5, 5.41) is 0. The lowest BCUT2D eigenvalue weighted by atomic mass is 9.96. The lowest BCUT2D eigenvalue weighted by molar-refractivity contribution is -0.169. The van der Waals surface area contributed by atoms with Gasteiger partial charge in [0, 0.05) is 12.1 Å². The van der Waals surface area contributed by atoms with E-state index in [9.17, 15) is 4.79 Å². The van der Waals surface area contributed by atoms with Crippen LogP contribution in [0.2, 0.25) is 0 Å². The summed E-state index contributed by atoms with van der Waals surface area (Å²) in [6, 6.07) is 7.98. The number of nitrogens with two attached hydrogens (primary N) is 1. The van der Waals surface area contributed by atoms with Gasteiger partial charge >= 0.3 is 0 Å². The molecule has 3 aliphatic rings. The molecule has 3 aliphatic heterocycles. The van der Waals surface area contributed by atoms with Crippen molar-refractivity contribution in [1.29, 1.82) is 0 Å². The number of para-hydroxylation sites is 1. The maximum absolute atomic E-state index is 12.1. The van der Waals surface area contributed by atoms with E-state index in [0.717, 1.165) is 24.1 Å². The molecule has 90 valence electrons. The first-order valence-electron chi connectivity index (χ1n) is 6.04. The topological polar surface area (TPSA) is 55.6 Å². The van der Waals surface area contributed by atoms with Crippen LogP contribution in [0.5, 0.6) is 0 Å². The Morgan fingerprint density at radius 1 is 1.41 bits per heavy atom. The van der Waals surface area contributed by atoms with Crippen molar-refractivity contribution in [2.75, 3.05) is 18.0 Å². The van der Waals surface area contributed by atoms with Crippen molar-refractivity contribution in [2.24, 2.45) is 5.73 Å². The van der Waals surface area contributed by atoms with Gasteiger partial charge in [0.15, 0.2) is 0 Å². The molecule has 1 aromatic carbocycles. The fraction of sp³-hybridized carbons (Fsp3) is 0.462. The minimum absolute atomic E-state index is 0.0944. The molecule has 17 heavy (non-hydrogen) atoms. The summed E-state index contributed by atoms with van der Waals surface area (Å²) in [5.74, 6) is 0.0944. The quantitative estimate of drug-likeness (QED) is 0.834. The molecule has 2 unspecified atom stereocenters. The predicted molar refractivity (Wildman–Crippen MR) is 64.8 cm³/mol. The number of morpholine rings is 1. The third-order valence-electron chi connectivity index (χ3n) is 3.46. The molecule has 4 heteroatoms. The van der Waals surface area contributed by atoms with E-state index in [4.69, 9.17) is 10.5 Å². The molecule has 4 rings (SSSR count). The highest BCUT2D eigenvalue weighted by Gasteiger charge is 2.45. The van der Waals surface area contributed by atoms with Gasteiger partial charge in [-0.1, -0.05) is 18.2 Å². The lowest BCUT2D eigenvalue weighted by Gasteiger charge is -2.46. The highest BCUT2D eigenvalue weighted by molar-refractivity contribution is 5.99. The summed E-state index contributed by atoms with van der Waals surface area (Å²) < 4.78 is 5.42. The normalized spacial score (nSPS) is 26.9. The number of rotatable bonds is 3. The zero-order valence-electron chi connectivity index (χ0n) is 9.63. The Hall–Kier alpha value is -1.39. The summed E-state index contributed by atoms with van der Waals surface area (Å²) in [5.41, 5.74) is 7.75. The number of benzene rings is 1. The number of amides is 1. The SMILES string of the molecule is NCCc1ccccc1N1CC2CC(O2)C1=O. The zero-order valence-corrected chi connectivity index (χ0v) is 9.63. The van der Waals surface area contributed by atoms with Crippen molar-refractivity contribution in [3.05, 3.63) is 29.8 Å². The highest BCUT2D eigenvalue weighted by atomic mass is 16.5. The number of carbonyl (C=O) groups is 1. The number of nitrogens with zero attached hydrogens (tertiary/aromatic N) is 1. The highest BCUT2D eigenvalue weighted by Crippen LogP contribution is 2.33. The summed E-state index contributed by atoms with van der Waals surface area (Å²) >= 11 is 0. The van der Waals surface area contributed by atoms with Gasteiger partial charge in [0.1, 0.15) is 6.10 Å². The second kappa shape index (κ2) is 4.13. The van der Waals surface area contributed by atoms with Crippen LogP contribution in [0, 0.1) is 0 Å².